The van der Waals surface area contributed by atoms with E-state index in [1.807, 2.05) is 19.1 Å². The Hall–Kier alpha value is -1.23. The minimum Gasteiger partial charge on any atom is -0.454 e. The van der Waals surface area contributed by atoms with Crippen LogP contribution in [0.3, 0.4) is 0 Å². The van der Waals surface area contributed by atoms with E-state index in [4.69, 9.17) is 4.74 Å². The van der Waals surface area contributed by atoms with Gasteiger partial charge in [-0.3, -0.25) is 0 Å². The first kappa shape index (κ1) is 14.2. The Morgan fingerprint density at radius 3 is 2.53 bits per heavy atom. The first-order chi connectivity index (χ1) is 9.08. The summed E-state index contributed by atoms with van der Waals surface area (Å²) in [6.07, 6.45) is -3.88. The zero-order valence-electron chi connectivity index (χ0n) is 10.8. The minimum absolute atomic E-state index is 0.238. The van der Waals surface area contributed by atoms with Crippen LogP contribution in [0.4, 0.5) is 13.2 Å². The van der Waals surface area contributed by atoms with Gasteiger partial charge in [-0.1, -0.05) is 12.1 Å². The molecule has 1 unspecified atom stereocenters. The predicted molar refractivity (Wildman–Crippen MR) is 67.6 cm³/mol. The number of aryl methyl sites for hydroxylation is 1. The maximum Gasteiger partial charge on any atom is 0.304 e. The minimum atomic E-state index is -3.12. The summed E-state index contributed by atoms with van der Waals surface area (Å²) in [5.41, 5.74) is 1.70. The number of benzene rings is 1. The number of hydrogen-bond donors (Lipinski definition) is 1. The third kappa shape index (κ3) is 3.62. The normalized spacial score (nSPS) is 18.6. The Balaban J connectivity index is 2.21. The summed E-state index contributed by atoms with van der Waals surface area (Å²) in [4.78, 5) is 0. The molecule has 5 heteroatoms. The molecule has 1 aliphatic heterocycles. The molecule has 1 fully saturated rings. The molecule has 0 bridgehead atoms. The first-order valence-corrected chi connectivity index (χ1v) is 6.48. The average Bonchev–Trinajstić information content (AvgIpc) is 2.39. The molecule has 1 heterocycles. The van der Waals surface area contributed by atoms with Crippen molar-refractivity contribution < 1.29 is 17.9 Å². The molecule has 1 N–H and O–H groups in total. The van der Waals surface area contributed by atoms with Crippen molar-refractivity contribution >= 4 is 0 Å². The Labute approximate surface area is 111 Å². The summed E-state index contributed by atoms with van der Waals surface area (Å²) < 4.78 is 42.5. The molecule has 2 rings (SSSR count). The summed E-state index contributed by atoms with van der Waals surface area (Å²) >= 11 is 0. The van der Waals surface area contributed by atoms with Crippen LogP contribution in [0.1, 0.15) is 29.9 Å². The highest BCUT2D eigenvalue weighted by molar-refractivity contribution is 5.40. The fourth-order valence-corrected chi connectivity index (χ4v) is 2.39. The second kappa shape index (κ2) is 6.28. The highest BCUT2D eigenvalue weighted by atomic mass is 19.3. The summed E-state index contributed by atoms with van der Waals surface area (Å²) in [5.74, 6) is 0.487. The van der Waals surface area contributed by atoms with Crippen molar-refractivity contribution in [3.05, 3.63) is 29.3 Å². The molecule has 19 heavy (non-hydrogen) atoms. The van der Waals surface area contributed by atoms with Crippen molar-refractivity contribution in [3.63, 3.8) is 0 Å². The van der Waals surface area contributed by atoms with Crippen LogP contribution in [0.15, 0.2) is 18.2 Å². The van der Waals surface area contributed by atoms with Gasteiger partial charge in [0, 0.05) is 0 Å². The molecular formula is C14H18F3NO. The van der Waals surface area contributed by atoms with Gasteiger partial charge in [-0.2, -0.15) is 4.39 Å². The van der Waals surface area contributed by atoms with Crippen molar-refractivity contribution in [2.45, 2.75) is 38.5 Å². The molecule has 1 atom stereocenters. The number of halogens is 3. The van der Waals surface area contributed by atoms with Gasteiger partial charge in [0.05, 0.1) is 0 Å². The molecule has 0 saturated carbocycles. The first-order valence-electron chi connectivity index (χ1n) is 6.48. The van der Waals surface area contributed by atoms with Crippen molar-refractivity contribution in [1.82, 2.24) is 5.32 Å². The van der Waals surface area contributed by atoms with Crippen LogP contribution in [0, 0.1) is 6.92 Å². The van der Waals surface area contributed by atoms with Gasteiger partial charge in [-0.25, -0.2) is 8.78 Å². The molecule has 1 aliphatic rings. The van der Waals surface area contributed by atoms with E-state index < -0.39 is 12.8 Å². The van der Waals surface area contributed by atoms with Crippen molar-refractivity contribution in [1.29, 1.82) is 0 Å². The monoisotopic (exact) mass is 273 g/mol. The SMILES string of the molecule is Cc1ccc(C2CCNCC2)c(OC(F)C(F)F)c1. The lowest BCUT2D eigenvalue weighted by molar-refractivity contribution is -0.0675. The fourth-order valence-electron chi connectivity index (χ4n) is 2.39. The van der Waals surface area contributed by atoms with Gasteiger partial charge < -0.3 is 10.1 Å². The van der Waals surface area contributed by atoms with Crippen LogP contribution >= 0.6 is 0 Å². The van der Waals surface area contributed by atoms with E-state index in [1.54, 1.807) is 6.07 Å². The van der Waals surface area contributed by atoms with Gasteiger partial charge >= 0.3 is 6.43 Å². The Bertz CT molecular complexity index is 419. The molecule has 1 saturated heterocycles. The number of ether oxygens (including phenoxy) is 1. The second-order valence-corrected chi connectivity index (χ2v) is 4.87. The van der Waals surface area contributed by atoms with Crippen molar-refractivity contribution in [2.24, 2.45) is 0 Å². The van der Waals surface area contributed by atoms with E-state index >= 15 is 0 Å². The lowest BCUT2D eigenvalue weighted by Gasteiger charge is -2.25. The summed E-state index contributed by atoms with van der Waals surface area (Å²) in [6, 6.07) is 5.39. The molecule has 0 spiro atoms. The molecule has 1 aromatic rings. The number of piperidine rings is 1. The molecule has 2 nitrogen and oxygen atoms in total. The van der Waals surface area contributed by atoms with Gasteiger partial charge in [0.25, 0.3) is 6.36 Å². The van der Waals surface area contributed by atoms with E-state index in [0.29, 0.717) is 0 Å². The van der Waals surface area contributed by atoms with Crippen LogP contribution in [0.2, 0.25) is 0 Å². The molecule has 106 valence electrons. The standard InChI is InChI=1S/C14H18F3NO/c1-9-2-3-11(10-4-6-18-7-5-10)12(8-9)19-14(17)13(15)16/h2-3,8,10,13-14,18H,4-7H2,1H3. The van der Waals surface area contributed by atoms with Crippen LogP contribution in [0.25, 0.3) is 0 Å². The van der Waals surface area contributed by atoms with Crippen molar-refractivity contribution in [2.75, 3.05) is 13.1 Å². The van der Waals surface area contributed by atoms with Crippen LogP contribution < -0.4 is 10.1 Å². The molecule has 0 radical (unpaired) electrons. The maximum absolute atomic E-state index is 13.1. The maximum atomic E-state index is 13.1. The molecular weight excluding hydrogens is 255 g/mol. The zero-order valence-corrected chi connectivity index (χ0v) is 10.8. The Morgan fingerprint density at radius 1 is 1.21 bits per heavy atom. The lowest BCUT2D eigenvalue weighted by atomic mass is 9.89. The summed E-state index contributed by atoms with van der Waals surface area (Å²) in [6.45, 7) is 3.59. The van der Waals surface area contributed by atoms with E-state index in [2.05, 4.69) is 5.32 Å². The number of hydrogen-bond acceptors (Lipinski definition) is 2. The quantitative estimate of drug-likeness (QED) is 0.907. The third-order valence-electron chi connectivity index (χ3n) is 3.39. The average molecular weight is 273 g/mol. The second-order valence-electron chi connectivity index (χ2n) is 4.87. The van der Waals surface area contributed by atoms with Gasteiger partial charge in [0.2, 0.25) is 0 Å². The Morgan fingerprint density at radius 2 is 1.89 bits per heavy atom. The molecule has 0 aromatic heterocycles. The predicted octanol–water partition coefficient (Wildman–Crippen LogP) is 3.40. The van der Waals surface area contributed by atoms with Gasteiger partial charge in [0.1, 0.15) is 5.75 Å². The lowest BCUT2D eigenvalue weighted by Crippen LogP contribution is -2.27. The topological polar surface area (TPSA) is 21.3 Å². The van der Waals surface area contributed by atoms with Crippen LogP contribution in [0.5, 0.6) is 5.75 Å². The summed E-state index contributed by atoms with van der Waals surface area (Å²) in [7, 11) is 0. The van der Waals surface area contributed by atoms with E-state index in [9.17, 15) is 13.2 Å². The highest BCUT2D eigenvalue weighted by Gasteiger charge is 2.25. The van der Waals surface area contributed by atoms with Gasteiger partial charge in [-0.05, 0) is 56.0 Å². The largest absolute Gasteiger partial charge is 0.454 e. The van der Waals surface area contributed by atoms with Gasteiger partial charge in [-0.15, -0.1) is 0 Å². The van der Waals surface area contributed by atoms with E-state index in [-0.39, 0.29) is 11.7 Å². The molecule has 0 amide bonds. The van der Waals surface area contributed by atoms with Crippen LogP contribution in [-0.4, -0.2) is 25.9 Å². The number of rotatable bonds is 4. The third-order valence-corrected chi connectivity index (χ3v) is 3.39. The van der Waals surface area contributed by atoms with E-state index in [0.717, 1.165) is 37.1 Å². The summed E-state index contributed by atoms with van der Waals surface area (Å²) in [5, 5.41) is 3.24. The Kier molecular flexibility index (Phi) is 4.69. The molecule has 0 aliphatic carbocycles. The highest BCUT2D eigenvalue weighted by Crippen LogP contribution is 2.34. The molecule has 1 aromatic carbocycles. The van der Waals surface area contributed by atoms with E-state index in [1.165, 1.54) is 0 Å². The zero-order chi connectivity index (χ0) is 13.8. The number of nitrogens with one attached hydrogen (secondary N) is 1. The smallest absolute Gasteiger partial charge is 0.304 e. The number of alkyl halides is 3. The van der Waals surface area contributed by atoms with Gasteiger partial charge in [0.15, 0.2) is 0 Å². The van der Waals surface area contributed by atoms with Crippen LogP contribution in [-0.2, 0) is 0 Å². The fraction of sp³-hybridized carbons (Fsp3) is 0.571. The van der Waals surface area contributed by atoms with Crippen molar-refractivity contribution in [3.8, 4) is 5.75 Å².